The summed E-state index contributed by atoms with van der Waals surface area (Å²) in [6.45, 7) is 1.86. The summed E-state index contributed by atoms with van der Waals surface area (Å²) in [5.74, 6) is -0.424. The van der Waals surface area contributed by atoms with Crippen LogP contribution in [0.15, 0.2) is 12.1 Å². The maximum Gasteiger partial charge on any atom is 0.146 e. The molecule has 0 aromatic heterocycles. The van der Waals surface area contributed by atoms with Crippen LogP contribution in [-0.4, -0.2) is 0 Å². The second kappa shape index (κ2) is 2.71. The summed E-state index contributed by atoms with van der Waals surface area (Å²) in [4.78, 5) is 0. The lowest BCUT2D eigenvalue weighted by Gasteiger charge is -2.11. The molecule has 2 nitrogen and oxygen atoms in total. The van der Waals surface area contributed by atoms with E-state index in [4.69, 9.17) is 11.0 Å². The predicted molar refractivity (Wildman–Crippen MR) is 52.1 cm³/mol. The molecule has 3 heteroatoms. The van der Waals surface area contributed by atoms with Gasteiger partial charge in [0.15, 0.2) is 0 Å². The van der Waals surface area contributed by atoms with Crippen LogP contribution in [0.2, 0.25) is 0 Å². The summed E-state index contributed by atoms with van der Waals surface area (Å²) in [6.07, 6.45) is 1.65. The van der Waals surface area contributed by atoms with Gasteiger partial charge in [0.05, 0.1) is 17.2 Å². The van der Waals surface area contributed by atoms with Crippen molar-refractivity contribution < 1.29 is 4.39 Å². The van der Waals surface area contributed by atoms with E-state index in [-0.39, 0.29) is 5.69 Å². The van der Waals surface area contributed by atoms with E-state index >= 15 is 0 Å². The van der Waals surface area contributed by atoms with Gasteiger partial charge in [-0.3, -0.25) is 0 Å². The first-order valence-electron chi connectivity index (χ1n) is 4.56. The third kappa shape index (κ3) is 1.15. The van der Waals surface area contributed by atoms with Crippen molar-refractivity contribution in [3.8, 4) is 6.07 Å². The number of aryl methyl sites for hydroxylation is 1. The van der Waals surface area contributed by atoms with E-state index in [1.807, 2.05) is 6.92 Å². The minimum Gasteiger partial charge on any atom is -0.396 e. The molecule has 0 spiro atoms. The first-order chi connectivity index (χ1) is 6.59. The second-order valence-corrected chi connectivity index (χ2v) is 3.88. The summed E-state index contributed by atoms with van der Waals surface area (Å²) in [5, 5.41) is 8.99. The number of benzene rings is 1. The number of hydrogen-bond donors (Lipinski definition) is 1. The number of rotatable bonds is 1. The van der Waals surface area contributed by atoms with Gasteiger partial charge in [-0.25, -0.2) is 4.39 Å². The minimum atomic E-state index is -0.432. The predicted octanol–water partition coefficient (Wildman–Crippen LogP) is 2.27. The number of anilines is 1. The molecular weight excluding hydrogens is 179 g/mol. The minimum absolute atomic E-state index is 0.153. The van der Waals surface area contributed by atoms with Gasteiger partial charge < -0.3 is 5.73 Å². The lowest BCUT2D eigenvalue weighted by Crippen LogP contribution is -2.07. The average molecular weight is 190 g/mol. The van der Waals surface area contributed by atoms with Gasteiger partial charge in [-0.1, -0.05) is 0 Å². The highest BCUT2D eigenvalue weighted by Crippen LogP contribution is 2.49. The van der Waals surface area contributed by atoms with Gasteiger partial charge in [-0.15, -0.1) is 0 Å². The van der Waals surface area contributed by atoms with E-state index in [0.717, 1.165) is 24.0 Å². The molecule has 1 saturated carbocycles. The smallest absolute Gasteiger partial charge is 0.146 e. The number of nitrogens with zero attached hydrogens (tertiary/aromatic N) is 1. The lowest BCUT2D eigenvalue weighted by atomic mass is 9.93. The number of halogens is 1. The lowest BCUT2D eigenvalue weighted by molar-refractivity contribution is 0.627. The van der Waals surface area contributed by atoms with Crippen molar-refractivity contribution >= 4 is 5.69 Å². The van der Waals surface area contributed by atoms with Crippen molar-refractivity contribution in [2.45, 2.75) is 25.2 Å². The first-order valence-corrected chi connectivity index (χ1v) is 4.56. The first kappa shape index (κ1) is 9.01. The Morgan fingerprint density at radius 2 is 2.14 bits per heavy atom. The van der Waals surface area contributed by atoms with E-state index in [1.54, 1.807) is 6.07 Å². The van der Waals surface area contributed by atoms with Crippen molar-refractivity contribution in [1.29, 1.82) is 5.26 Å². The molecule has 0 amide bonds. The highest BCUT2D eigenvalue weighted by Gasteiger charge is 2.46. The van der Waals surface area contributed by atoms with Crippen LogP contribution in [0.25, 0.3) is 0 Å². The summed E-state index contributed by atoms with van der Waals surface area (Å²) in [6, 6.07) is 5.25. The molecule has 1 fully saturated rings. The largest absolute Gasteiger partial charge is 0.396 e. The highest BCUT2D eigenvalue weighted by atomic mass is 19.1. The molecule has 0 saturated heterocycles. The van der Waals surface area contributed by atoms with Crippen LogP contribution >= 0.6 is 0 Å². The van der Waals surface area contributed by atoms with Gasteiger partial charge in [0.1, 0.15) is 5.82 Å². The van der Waals surface area contributed by atoms with Crippen LogP contribution in [0.5, 0.6) is 0 Å². The topological polar surface area (TPSA) is 49.8 Å². The summed E-state index contributed by atoms with van der Waals surface area (Å²) in [5.41, 5.74) is 6.86. The van der Waals surface area contributed by atoms with Crippen molar-refractivity contribution in [1.82, 2.24) is 0 Å². The Kier molecular flexibility index (Phi) is 1.75. The molecule has 1 aliphatic carbocycles. The van der Waals surface area contributed by atoms with Crippen molar-refractivity contribution in [3.05, 3.63) is 29.1 Å². The van der Waals surface area contributed by atoms with E-state index in [0.29, 0.717) is 0 Å². The summed E-state index contributed by atoms with van der Waals surface area (Å²) < 4.78 is 13.2. The van der Waals surface area contributed by atoms with Gasteiger partial charge in [0.2, 0.25) is 0 Å². The molecule has 1 aromatic rings. The maximum atomic E-state index is 13.2. The standard InChI is InChI=1S/C11H11FN2/c1-7-4-10(14)9(12)5-8(7)11(6-13)2-3-11/h4-5H,2-3,14H2,1H3. The van der Waals surface area contributed by atoms with Crippen LogP contribution in [0.1, 0.15) is 24.0 Å². The number of hydrogen-bond acceptors (Lipinski definition) is 2. The van der Waals surface area contributed by atoms with Crippen LogP contribution in [0.4, 0.5) is 10.1 Å². The monoisotopic (exact) mass is 190 g/mol. The Labute approximate surface area is 82.1 Å². The molecule has 1 aliphatic rings. The van der Waals surface area contributed by atoms with E-state index < -0.39 is 11.2 Å². The molecule has 0 unspecified atom stereocenters. The normalized spacial score (nSPS) is 17.5. The van der Waals surface area contributed by atoms with Gasteiger partial charge in [-0.05, 0) is 43.0 Å². The number of nitriles is 1. The third-order valence-corrected chi connectivity index (χ3v) is 2.82. The number of nitrogens with two attached hydrogens (primary N) is 1. The highest BCUT2D eigenvalue weighted by molar-refractivity contribution is 5.52. The molecule has 2 rings (SSSR count). The molecule has 1 aromatic carbocycles. The zero-order chi connectivity index (χ0) is 10.3. The zero-order valence-corrected chi connectivity index (χ0v) is 7.97. The molecule has 2 N–H and O–H groups in total. The van der Waals surface area contributed by atoms with Crippen molar-refractivity contribution in [2.75, 3.05) is 5.73 Å². The molecular formula is C11H11FN2. The van der Waals surface area contributed by atoms with Gasteiger partial charge in [0.25, 0.3) is 0 Å². The Morgan fingerprint density at radius 1 is 1.50 bits per heavy atom. The quantitative estimate of drug-likeness (QED) is 0.690. The molecule has 0 bridgehead atoms. The van der Waals surface area contributed by atoms with Crippen molar-refractivity contribution in [3.63, 3.8) is 0 Å². The van der Waals surface area contributed by atoms with Crippen LogP contribution < -0.4 is 5.73 Å². The van der Waals surface area contributed by atoms with E-state index in [9.17, 15) is 4.39 Å². The molecule has 0 radical (unpaired) electrons. The van der Waals surface area contributed by atoms with Gasteiger partial charge in [0, 0.05) is 0 Å². The maximum absolute atomic E-state index is 13.2. The number of nitrogen functional groups attached to an aromatic ring is 1. The average Bonchev–Trinajstić information content (AvgIpc) is 2.92. The van der Waals surface area contributed by atoms with Gasteiger partial charge in [-0.2, -0.15) is 5.26 Å². The Morgan fingerprint density at radius 3 is 2.64 bits per heavy atom. The molecule has 0 atom stereocenters. The third-order valence-electron chi connectivity index (χ3n) is 2.82. The SMILES string of the molecule is Cc1cc(N)c(F)cc1C1(C#N)CC1. The fourth-order valence-electron chi connectivity index (χ4n) is 1.79. The molecule has 0 aliphatic heterocycles. The fourth-order valence-corrected chi connectivity index (χ4v) is 1.79. The van der Waals surface area contributed by atoms with Crippen molar-refractivity contribution in [2.24, 2.45) is 0 Å². The molecule has 14 heavy (non-hydrogen) atoms. The summed E-state index contributed by atoms with van der Waals surface area (Å²) in [7, 11) is 0. The van der Waals surface area contributed by atoms with E-state index in [1.165, 1.54) is 6.07 Å². The summed E-state index contributed by atoms with van der Waals surface area (Å²) >= 11 is 0. The Bertz CT molecular complexity index is 428. The Hall–Kier alpha value is -1.56. The Balaban J connectivity index is 2.55. The van der Waals surface area contributed by atoms with Crippen LogP contribution in [0, 0.1) is 24.1 Å². The van der Waals surface area contributed by atoms with Crippen LogP contribution in [0.3, 0.4) is 0 Å². The van der Waals surface area contributed by atoms with E-state index in [2.05, 4.69) is 6.07 Å². The second-order valence-electron chi connectivity index (χ2n) is 3.88. The van der Waals surface area contributed by atoms with Gasteiger partial charge >= 0.3 is 0 Å². The molecule has 72 valence electrons. The molecule has 0 heterocycles. The fraction of sp³-hybridized carbons (Fsp3) is 0.364. The van der Waals surface area contributed by atoms with Crippen LogP contribution in [-0.2, 0) is 5.41 Å². The zero-order valence-electron chi connectivity index (χ0n) is 7.97.